The number of nitrogens with zero attached hydrogens (tertiary/aromatic N) is 1. The molecule has 2 nitrogen and oxygen atoms in total. The van der Waals surface area contributed by atoms with Crippen molar-refractivity contribution in [3.05, 3.63) is 46.2 Å². The van der Waals surface area contributed by atoms with Gasteiger partial charge >= 0.3 is 0 Å². The van der Waals surface area contributed by atoms with Crippen LogP contribution in [0.5, 0.6) is 0 Å². The Bertz CT molecular complexity index is 486. The van der Waals surface area contributed by atoms with Crippen LogP contribution in [0.25, 0.3) is 11.1 Å². The Morgan fingerprint density at radius 2 is 1.75 bits per heavy atom. The second-order valence-electron chi connectivity index (χ2n) is 3.79. The zero-order chi connectivity index (χ0) is 11.7. The van der Waals surface area contributed by atoms with Crippen molar-refractivity contribution in [2.75, 3.05) is 5.73 Å². The molecule has 82 valence electrons. The fourth-order valence-corrected chi connectivity index (χ4v) is 2.08. The van der Waals surface area contributed by atoms with Gasteiger partial charge in [-0.1, -0.05) is 12.1 Å². The normalized spacial score (nSPS) is 10.4. The van der Waals surface area contributed by atoms with Crippen LogP contribution in [0.1, 0.15) is 11.1 Å². The van der Waals surface area contributed by atoms with Gasteiger partial charge in [0.2, 0.25) is 0 Å². The van der Waals surface area contributed by atoms with E-state index in [2.05, 4.69) is 33.9 Å². The SMILES string of the molecule is Cc1c(N)cccc1-c1ccnc(Br)c1C. The fraction of sp³-hybridized carbons (Fsp3) is 0.154. The van der Waals surface area contributed by atoms with E-state index in [1.807, 2.05) is 25.1 Å². The van der Waals surface area contributed by atoms with Gasteiger partial charge in [-0.05, 0) is 64.2 Å². The van der Waals surface area contributed by atoms with E-state index >= 15 is 0 Å². The molecule has 0 amide bonds. The molecule has 0 aliphatic rings. The highest BCUT2D eigenvalue weighted by Gasteiger charge is 2.08. The molecule has 0 aliphatic heterocycles. The lowest BCUT2D eigenvalue weighted by molar-refractivity contribution is 1.22. The molecule has 0 bridgehead atoms. The van der Waals surface area contributed by atoms with E-state index in [9.17, 15) is 0 Å². The lowest BCUT2D eigenvalue weighted by Crippen LogP contribution is -1.94. The maximum atomic E-state index is 5.92. The van der Waals surface area contributed by atoms with Crippen molar-refractivity contribution in [3.63, 3.8) is 0 Å². The third-order valence-corrected chi connectivity index (χ3v) is 3.61. The first kappa shape index (κ1) is 11.1. The zero-order valence-electron chi connectivity index (χ0n) is 9.29. The topological polar surface area (TPSA) is 38.9 Å². The summed E-state index contributed by atoms with van der Waals surface area (Å²) >= 11 is 3.44. The molecule has 0 fully saturated rings. The lowest BCUT2D eigenvalue weighted by atomic mass is 9.97. The summed E-state index contributed by atoms with van der Waals surface area (Å²) in [7, 11) is 0. The minimum Gasteiger partial charge on any atom is -0.398 e. The number of aromatic nitrogens is 1. The minimum absolute atomic E-state index is 0.824. The standard InChI is InChI=1S/C13H13BrN2/c1-8-10(4-3-5-12(8)15)11-6-7-16-13(14)9(11)2/h3-7H,15H2,1-2H3. The fourth-order valence-electron chi connectivity index (χ4n) is 1.75. The van der Waals surface area contributed by atoms with E-state index < -0.39 is 0 Å². The third-order valence-electron chi connectivity index (χ3n) is 2.81. The summed E-state index contributed by atoms with van der Waals surface area (Å²) < 4.78 is 0.881. The smallest absolute Gasteiger partial charge is 0.109 e. The van der Waals surface area contributed by atoms with Gasteiger partial charge in [0.1, 0.15) is 4.60 Å². The van der Waals surface area contributed by atoms with Crippen molar-refractivity contribution < 1.29 is 0 Å². The van der Waals surface area contributed by atoms with Crippen LogP contribution in [0, 0.1) is 13.8 Å². The Kier molecular flexibility index (Phi) is 2.97. The van der Waals surface area contributed by atoms with Gasteiger partial charge in [0.25, 0.3) is 0 Å². The average Bonchev–Trinajstić information content (AvgIpc) is 2.27. The first-order valence-electron chi connectivity index (χ1n) is 5.08. The number of benzene rings is 1. The molecule has 0 saturated carbocycles. The molecule has 2 N–H and O–H groups in total. The van der Waals surface area contributed by atoms with Crippen molar-refractivity contribution in [2.45, 2.75) is 13.8 Å². The number of hydrogen-bond donors (Lipinski definition) is 1. The molecule has 3 heteroatoms. The summed E-state index contributed by atoms with van der Waals surface area (Å²) in [5.41, 5.74) is 11.3. The summed E-state index contributed by atoms with van der Waals surface area (Å²) in [6.07, 6.45) is 1.80. The van der Waals surface area contributed by atoms with Gasteiger partial charge in [-0.2, -0.15) is 0 Å². The largest absolute Gasteiger partial charge is 0.398 e. The molecule has 0 aliphatic carbocycles. The Balaban J connectivity index is 2.68. The second-order valence-corrected chi connectivity index (χ2v) is 4.55. The van der Waals surface area contributed by atoms with Crippen molar-refractivity contribution in [2.24, 2.45) is 0 Å². The van der Waals surface area contributed by atoms with E-state index in [0.717, 1.165) is 21.4 Å². The van der Waals surface area contributed by atoms with Gasteiger partial charge in [-0.15, -0.1) is 0 Å². The molecule has 2 rings (SSSR count). The number of nitrogens with two attached hydrogens (primary N) is 1. The molecule has 1 aromatic carbocycles. The Labute approximate surface area is 104 Å². The highest BCUT2D eigenvalue weighted by Crippen LogP contribution is 2.31. The van der Waals surface area contributed by atoms with E-state index in [1.54, 1.807) is 6.20 Å². The Morgan fingerprint density at radius 1 is 1.06 bits per heavy atom. The van der Waals surface area contributed by atoms with Crippen LogP contribution in [-0.2, 0) is 0 Å². The molecule has 2 aromatic rings. The van der Waals surface area contributed by atoms with Gasteiger partial charge in [0.05, 0.1) is 0 Å². The Morgan fingerprint density at radius 3 is 2.50 bits per heavy atom. The minimum atomic E-state index is 0.824. The highest BCUT2D eigenvalue weighted by molar-refractivity contribution is 9.10. The number of rotatable bonds is 1. The van der Waals surface area contributed by atoms with Crippen molar-refractivity contribution in [1.29, 1.82) is 0 Å². The van der Waals surface area contributed by atoms with E-state index in [-0.39, 0.29) is 0 Å². The highest BCUT2D eigenvalue weighted by atomic mass is 79.9. The van der Waals surface area contributed by atoms with Crippen molar-refractivity contribution in [3.8, 4) is 11.1 Å². The first-order valence-corrected chi connectivity index (χ1v) is 5.87. The lowest BCUT2D eigenvalue weighted by Gasteiger charge is -2.11. The van der Waals surface area contributed by atoms with Crippen LogP contribution in [0.15, 0.2) is 35.1 Å². The van der Waals surface area contributed by atoms with Crippen LogP contribution in [-0.4, -0.2) is 4.98 Å². The predicted octanol–water partition coefficient (Wildman–Crippen LogP) is 3.71. The summed E-state index contributed by atoms with van der Waals surface area (Å²) in [5, 5.41) is 0. The van der Waals surface area contributed by atoms with E-state index in [0.29, 0.717) is 0 Å². The maximum Gasteiger partial charge on any atom is 0.109 e. The molecule has 0 saturated heterocycles. The van der Waals surface area contributed by atoms with Crippen LogP contribution in [0.3, 0.4) is 0 Å². The van der Waals surface area contributed by atoms with Gasteiger partial charge in [0, 0.05) is 11.9 Å². The average molecular weight is 277 g/mol. The molecule has 0 radical (unpaired) electrons. The van der Waals surface area contributed by atoms with Crippen LogP contribution in [0.2, 0.25) is 0 Å². The van der Waals surface area contributed by atoms with Crippen LogP contribution < -0.4 is 5.73 Å². The number of anilines is 1. The second kappa shape index (κ2) is 4.26. The Hall–Kier alpha value is -1.35. The van der Waals surface area contributed by atoms with Gasteiger partial charge in [-0.25, -0.2) is 4.98 Å². The van der Waals surface area contributed by atoms with Gasteiger partial charge in [0.15, 0.2) is 0 Å². The molecule has 0 spiro atoms. The van der Waals surface area contributed by atoms with E-state index in [4.69, 9.17) is 5.73 Å². The number of halogens is 1. The molecule has 0 unspecified atom stereocenters. The maximum absolute atomic E-state index is 5.92. The summed E-state index contributed by atoms with van der Waals surface area (Å²) in [4.78, 5) is 4.20. The summed E-state index contributed by atoms with van der Waals surface area (Å²) in [6, 6.07) is 8.00. The molecular weight excluding hydrogens is 264 g/mol. The monoisotopic (exact) mass is 276 g/mol. The first-order chi connectivity index (χ1) is 7.61. The third kappa shape index (κ3) is 1.83. The molecule has 16 heavy (non-hydrogen) atoms. The van der Waals surface area contributed by atoms with Crippen LogP contribution in [0.4, 0.5) is 5.69 Å². The number of nitrogen functional groups attached to an aromatic ring is 1. The summed E-state index contributed by atoms with van der Waals surface area (Å²) in [5.74, 6) is 0. The van der Waals surface area contributed by atoms with Crippen LogP contribution >= 0.6 is 15.9 Å². The predicted molar refractivity (Wildman–Crippen MR) is 71.3 cm³/mol. The zero-order valence-corrected chi connectivity index (χ0v) is 10.9. The van der Waals surface area contributed by atoms with Gasteiger partial charge in [-0.3, -0.25) is 0 Å². The van der Waals surface area contributed by atoms with Gasteiger partial charge < -0.3 is 5.73 Å². The summed E-state index contributed by atoms with van der Waals surface area (Å²) in [6.45, 7) is 4.09. The molecular formula is C13H13BrN2. The number of pyridine rings is 1. The van der Waals surface area contributed by atoms with Crippen molar-refractivity contribution in [1.82, 2.24) is 4.98 Å². The van der Waals surface area contributed by atoms with Crippen molar-refractivity contribution >= 4 is 21.6 Å². The quantitative estimate of drug-likeness (QED) is 0.637. The van der Waals surface area contributed by atoms with E-state index in [1.165, 1.54) is 11.1 Å². The molecule has 1 aromatic heterocycles. The molecule has 1 heterocycles. The molecule has 0 atom stereocenters. The number of hydrogen-bond acceptors (Lipinski definition) is 2.